The maximum Gasteiger partial charge on any atom is 0.203 e. The molecule has 552 valence electrons. The van der Waals surface area contributed by atoms with Crippen LogP contribution in [0.4, 0.5) is 5.69 Å². The second-order valence-electron chi connectivity index (χ2n) is 25.1. The first-order valence-electron chi connectivity index (χ1n) is 36.1. The van der Waals surface area contributed by atoms with Gasteiger partial charge in [0.1, 0.15) is 56.9 Å². The second kappa shape index (κ2) is 40.8. The molecule has 0 spiro atoms. The number of aromatic amines is 2. The normalized spacial score (nSPS) is 12.3. The van der Waals surface area contributed by atoms with Gasteiger partial charge in [0.05, 0.1) is 122 Å². The molecule has 0 saturated carbocycles. The van der Waals surface area contributed by atoms with E-state index in [0.29, 0.717) is 159 Å². The van der Waals surface area contributed by atoms with Crippen molar-refractivity contribution in [2.24, 2.45) is 0 Å². The molecule has 3 aliphatic heterocycles. The molecule has 0 aliphatic carbocycles. The van der Waals surface area contributed by atoms with Crippen LogP contribution < -0.4 is 33.3 Å². The molecule has 0 atom stereocenters. The number of rotatable bonds is 42. The molecule has 12 rings (SSSR count). The highest BCUT2D eigenvalue weighted by atomic mass is 16.6. The predicted molar refractivity (Wildman–Crippen MR) is 413 cm³/mol. The molecule has 106 heavy (non-hydrogen) atoms. The molecule has 8 bridgehead atoms. The minimum atomic E-state index is 0.162. The lowest BCUT2D eigenvalue weighted by Crippen LogP contribution is -2.17. The van der Waals surface area contributed by atoms with Crippen LogP contribution in [0.1, 0.15) is 63.4 Å². The first kappa shape index (κ1) is 75.4. The van der Waals surface area contributed by atoms with Crippen LogP contribution in [0, 0.1) is 11.8 Å². The van der Waals surface area contributed by atoms with Gasteiger partial charge < -0.3 is 85.9 Å². The lowest BCUT2D eigenvalue weighted by Gasteiger charge is -2.20. The van der Waals surface area contributed by atoms with Crippen LogP contribution in [0.15, 0.2) is 170 Å². The van der Waals surface area contributed by atoms with Gasteiger partial charge >= 0.3 is 0 Å². The van der Waals surface area contributed by atoms with Gasteiger partial charge in [-0.15, -0.1) is 0 Å². The van der Waals surface area contributed by atoms with Crippen LogP contribution in [0.3, 0.4) is 0 Å². The summed E-state index contributed by atoms with van der Waals surface area (Å²) in [5.41, 5.74) is 15.8. The Bertz CT molecular complexity index is 4410. The zero-order valence-corrected chi connectivity index (χ0v) is 60.6. The number of nitrogens with one attached hydrogen (secondary N) is 2. The van der Waals surface area contributed by atoms with E-state index in [4.69, 9.17) is 81.0 Å². The number of benzene rings is 6. The third kappa shape index (κ3) is 22.9. The van der Waals surface area contributed by atoms with Gasteiger partial charge in [0, 0.05) is 84.4 Å². The van der Waals surface area contributed by atoms with E-state index in [-0.39, 0.29) is 19.8 Å². The summed E-state index contributed by atoms with van der Waals surface area (Å²) in [5, 5.41) is 0. The van der Waals surface area contributed by atoms with Crippen molar-refractivity contribution < 1.29 is 71.1 Å². The smallest absolute Gasteiger partial charge is 0.203 e. The molecular weight excluding hydrogens is 1340 g/mol. The summed E-state index contributed by atoms with van der Waals surface area (Å²) in [6.45, 7) is 11.1. The van der Waals surface area contributed by atoms with E-state index < -0.39 is 0 Å². The van der Waals surface area contributed by atoms with E-state index in [2.05, 4.69) is 118 Å². The predicted octanol–water partition coefficient (Wildman–Crippen LogP) is 14.9. The SMILES string of the molecule is COCCOCCOCCOc1ccc(COc2cc(-c3c4nc(cc5ccc([nH]5)c(-c5ccc(C#Cc6ccc(N7CCCC7)cc6)cc5)c5nc(cc6ccc3[nH]6)C=C5)C=C4)cc(OCc3ccc(OCCOCCOCCOC)cc3)c2OCc2ccc(OCCOCCOCCOC)cc2)cc1. The fraction of sp³-hybridized carbons (Fsp3) is 0.326. The lowest BCUT2D eigenvalue weighted by atomic mass is 10.0. The number of methoxy groups -OCH3 is 3. The van der Waals surface area contributed by atoms with E-state index in [9.17, 15) is 0 Å². The average Bonchev–Trinajstić information content (AvgIpc) is 1.56. The molecule has 6 aromatic carbocycles. The van der Waals surface area contributed by atoms with Gasteiger partial charge in [-0.3, -0.25) is 0 Å². The number of ether oxygens (including phenoxy) is 15. The number of hydrogen-bond donors (Lipinski definition) is 2. The van der Waals surface area contributed by atoms with Crippen molar-refractivity contribution in [2.75, 3.05) is 158 Å². The largest absolute Gasteiger partial charge is 0.491 e. The Labute approximate surface area is 620 Å². The average molecular weight is 1440 g/mol. The molecule has 20 nitrogen and oxygen atoms in total. The van der Waals surface area contributed by atoms with E-state index in [1.165, 1.54) is 18.5 Å². The first-order valence-corrected chi connectivity index (χ1v) is 36.1. The van der Waals surface area contributed by atoms with E-state index >= 15 is 0 Å². The number of fused-ring (bicyclic) bond motifs is 8. The Balaban J connectivity index is 0.857. The Hall–Kier alpha value is -10.3. The van der Waals surface area contributed by atoms with E-state index in [0.717, 1.165) is 102 Å². The summed E-state index contributed by atoms with van der Waals surface area (Å²) in [4.78, 5) is 20.5. The highest BCUT2D eigenvalue weighted by molar-refractivity contribution is 5.94. The summed E-state index contributed by atoms with van der Waals surface area (Å²) in [6.07, 6.45) is 10.7. The summed E-state index contributed by atoms with van der Waals surface area (Å²) >= 11 is 0. The summed E-state index contributed by atoms with van der Waals surface area (Å²) in [6, 6.07) is 56.8. The molecule has 1 saturated heterocycles. The van der Waals surface area contributed by atoms with Crippen LogP contribution >= 0.6 is 0 Å². The van der Waals surface area contributed by atoms with Crippen LogP contribution in [0.25, 0.3) is 68.6 Å². The lowest BCUT2D eigenvalue weighted by molar-refractivity contribution is 0.0179. The van der Waals surface area contributed by atoms with Gasteiger partial charge in [0.25, 0.3) is 0 Å². The Morgan fingerprint density at radius 3 is 1.12 bits per heavy atom. The van der Waals surface area contributed by atoms with Crippen molar-refractivity contribution in [2.45, 2.75) is 32.7 Å². The molecule has 0 unspecified atom stereocenters. The van der Waals surface area contributed by atoms with Crippen LogP contribution in [0.5, 0.6) is 34.5 Å². The maximum atomic E-state index is 6.99. The molecular formula is C86H93N5O15. The summed E-state index contributed by atoms with van der Waals surface area (Å²) < 4.78 is 88.0. The van der Waals surface area contributed by atoms with Crippen molar-refractivity contribution in [1.29, 1.82) is 0 Å². The van der Waals surface area contributed by atoms with Gasteiger partial charge in [0.15, 0.2) is 11.5 Å². The maximum absolute atomic E-state index is 6.99. The van der Waals surface area contributed by atoms with Crippen molar-refractivity contribution in [3.05, 3.63) is 220 Å². The highest BCUT2D eigenvalue weighted by Crippen LogP contribution is 2.45. The minimum absolute atomic E-state index is 0.162. The fourth-order valence-corrected chi connectivity index (χ4v) is 11.9. The second-order valence-corrected chi connectivity index (χ2v) is 25.1. The van der Waals surface area contributed by atoms with Gasteiger partial charge in [0.2, 0.25) is 5.75 Å². The molecule has 1 fully saturated rings. The zero-order valence-electron chi connectivity index (χ0n) is 60.6. The molecule has 20 heteroatoms. The molecule has 3 aromatic heterocycles. The number of hydrogen-bond acceptors (Lipinski definition) is 18. The van der Waals surface area contributed by atoms with Gasteiger partial charge in [-0.2, -0.15) is 0 Å². The van der Waals surface area contributed by atoms with E-state index in [1.807, 2.05) is 103 Å². The number of anilines is 1. The number of H-pyrrole nitrogens is 2. The Kier molecular flexibility index (Phi) is 29.1. The van der Waals surface area contributed by atoms with Crippen LogP contribution in [-0.4, -0.2) is 173 Å². The summed E-state index contributed by atoms with van der Waals surface area (Å²) in [5.74, 6) is 10.1. The van der Waals surface area contributed by atoms with Crippen molar-refractivity contribution in [3.8, 4) is 68.6 Å². The van der Waals surface area contributed by atoms with E-state index in [1.54, 1.807) is 21.3 Å². The number of nitrogens with zero attached hydrogens (tertiary/aromatic N) is 3. The molecule has 2 N–H and O–H groups in total. The topological polar surface area (TPSA) is 199 Å². The molecule has 6 heterocycles. The van der Waals surface area contributed by atoms with Gasteiger partial charge in [-0.25, -0.2) is 9.97 Å². The fourth-order valence-electron chi connectivity index (χ4n) is 11.9. The van der Waals surface area contributed by atoms with Crippen molar-refractivity contribution in [1.82, 2.24) is 19.9 Å². The standard InChI is InChI=1S/C86H93N5O15/c1-92-38-41-95-44-47-98-50-53-101-75-26-12-65(13-27-75)60-104-82-56-69(57-83(105-61-66-14-28-76(29-15-66)102-54-51-99-48-45-96-42-39-93-2)86(82)106-62-67-16-30-77(31-17-67)103-55-52-100-49-46-97-43-40-94-3)85-80-34-22-72(89-80)58-70-20-32-78(87-70)84(79-33-21-71(88-79)59-73-23-35-81(85)90-73)68-18-8-63(9-19-68)6-7-64-10-24-74(25-11-64)91-36-4-5-37-91/h8-35,56-59,87,90H,4-5,36-55,60-62H2,1-3H3. The first-order chi connectivity index (χ1) is 52.4. The zero-order chi connectivity index (χ0) is 72.6. The Morgan fingerprint density at radius 2 is 0.717 bits per heavy atom. The third-order valence-corrected chi connectivity index (χ3v) is 17.4. The third-order valence-electron chi connectivity index (χ3n) is 17.4. The quantitative estimate of drug-likeness (QED) is 0.0270. The monoisotopic (exact) mass is 1440 g/mol. The molecule has 9 aromatic rings. The van der Waals surface area contributed by atoms with Gasteiger partial charge in [-0.05, 0) is 186 Å². The molecule has 0 radical (unpaired) electrons. The van der Waals surface area contributed by atoms with Crippen molar-refractivity contribution in [3.63, 3.8) is 0 Å². The summed E-state index contributed by atoms with van der Waals surface area (Å²) in [7, 11) is 4.94. The number of aromatic nitrogens is 4. The minimum Gasteiger partial charge on any atom is -0.491 e. The van der Waals surface area contributed by atoms with Gasteiger partial charge in [-0.1, -0.05) is 60.4 Å². The molecule has 0 amide bonds. The van der Waals surface area contributed by atoms with Crippen LogP contribution in [-0.2, 0) is 62.5 Å². The molecule has 3 aliphatic rings. The highest BCUT2D eigenvalue weighted by Gasteiger charge is 2.22. The Morgan fingerprint density at radius 1 is 0.349 bits per heavy atom. The van der Waals surface area contributed by atoms with Crippen LogP contribution in [0.2, 0.25) is 0 Å². The van der Waals surface area contributed by atoms with Crippen molar-refractivity contribution >= 4 is 52.1 Å².